The third kappa shape index (κ3) is 2.89. The summed E-state index contributed by atoms with van der Waals surface area (Å²) in [5.41, 5.74) is 3.69. The zero-order valence-corrected chi connectivity index (χ0v) is 13.0. The molecule has 0 bridgehead atoms. The van der Waals surface area contributed by atoms with Crippen LogP contribution < -0.4 is 5.32 Å². The third-order valence-corrected chi connectivity index (χ3v) is 3.70. The van der Waals surface area contributed by atoms with Gasteiger partial charge in [-0.1, -0.05) is 35.4 Å². The van der Waals surface area contributed by atoms with Crippen molar-refractivity contribution in [2.24, 2.45) is 0 Å². The Morgan fingerprint density at radius 3 is 2.41 bits per heavy atom. The fraction of sp³-hybridized carbons (Fsp3) is 0.211. The molecule has 0 saturated carbocycles. The van der Waals surface area contributed by atoms with Crippen molar-refractivity contribution in [2.75, 3.05) is 0 Å². The van der Waals surface area contributed by atoms with Gasteiger partial charge in [0.15, 0.2) is 0 Å². The molecule has 0 aliphatic heterocycles. The standard InChI is InChI=1S/C19H19NO2/c1-12-8-13(2)10-16(9-12)19(21)20-14(3)18-11-15-6-4-5-7-17(15)22-18/h4-11,14H,1-3H3,(H,20,21). The number of carbonyl (C=O) groups excluding carboxylic acids is 1. The molecule has 3 heteroatoms. The molecule has 0 aliphatic carbocycles. The van der Waals surface area contributed by atoms with Crippen LogP contribution >= 0.6 is 0 Å². The first-order valence-electron chi connectivity index (χ1n) is 7.40. The lowest BCUT2D eigenvalue weighted by molar-refractivity contribution is 0.0935. The van der Waals surface area contributed by atoms with Gasteiger partial charge in [0.2, 0.25) is 0 Å². The lowest BCUT2D eigenvalue weighted by Crippen LogP contribution is -2.26. The first-order chi connectivity index (χ1) is 10.5. The summed E-state index contributed by atoms with van der Waals surface area (Å²) in [6.45, 7) is 5.91. The van der Waals surface area contributed by atoms with Crippen molar-refractivity contribution in [1.29, 1.82) is 0 Å². The number of carbonyl (C=O) groups is 1. The van der Waals surface area contributed by atoms with Gasteiger partial charge in [-0.15, -0.1) is 0 Å². The Hall–Kier alpha value is -2.55. The number of benzene rings is 2. The molecule has 1 amide bonds. The van der Waals surface area contributed by atoms with Crippen LogP contribution in [0.2, 0.25) is 0 Å². The second kappa shape index (κ2) is 5.68. The summed E-state index contributed by atoms with van der Waals surface area (Å²) in [4.78, 5) is 12.4. The van der Waals surface area contributed by atoms with E-state index in [9.17, 15) is 4.79 Å². The molecule has 112 valence electrons. The minimum atomic E-state index is -0.180. The quantitative estimate of drug-likeness (QED) is 0.770. The Bertz CT molecular complexity index is 779. The minimum Gasteiger partial charge on any atom is -0.459 e. The molecule has 0 fully saturated rings. The number of hydrogen-bond donors (Lipinski definition) is 1. The van der Waals surface area contributed by atoms with Gasteiger partial charge in [-0.2, -0.15) is 0 Å². The monoisotopic (exact) mass is 293 g/mol. The fourth-order valence-electron chi connectivity index (χ4n) is 2.67. The second-order valence-electron chi connectivity index (χ2n) is 5.76. The minimum absolute atomic E-state index is 0.0836. The molecule has 0 radical (unpaired) electrons. The lowest BCUT2D eigenvalue weighted by Gasteiger charge is -2.12. The van der Waals surface area contributed by atoms with Crippen LogP contribution in [0.5, 0.6) is 0 Å². The summed E-state index contributed by atoms with van der Waals surface area (Å²) >= 11 is 0. The normalized spacial score (nSPS) is 12.3. The smallest absolute Gasteiger partial charge is 0.251 e. The summed E-state index contributed by atoms with van der Waals surface area (Å²) < 4.78 is 5.80. The topological polar surface area (TPSA) is 42.2 Å². The fourth-order valence-corrected chi connectivity index (χ4v) is 2.67. The van der Waals surface area contributed by atoms with Gasteiger partial charge in [-0.05, 0) is 45.0 Å². The lowest BCUT2D eigenvalue weighted by atomic mass is 10.1. The van der Waals surface area contributed by atoms with E-state index in [4.69, 9.17) is 4.42 Å². The molecule has 3 nitrogen and oxygen atoms in total. The van der Waals surface area contributed by atoms with Crippen LogP contribution in [0.15, 0.2) is 52.9 Å². The van der Waals surface area contributed by atoms with Crippen molar-refractivity contribution in [2.45, 2.75) is 26.8 Å². The van der Waals surface area contributed by atoms with Crippen molar-refractivity contribution < 1.29 is 9.21 Å². The molecule has 1 N–H and O–H groups in total. The van der Waals surface area contributed by atoms with Gasteiger partial charge < -0.3 is 9.73 Å². The van der Waals surface area contributed by atoms with E-state index in [1.807, 2.05) is 63.2 Å². The average Bonchev–Trinajstić information content (AvgIpc) is 2.90. The van der Waals surface area contributed by atoms with E-state index in [1.54, 1.807) is 0 Å². The van der Waals surface area contributed by atoms with Crippen LogP contribution in [0.1, 0.15) is 40.2 Å². The van der Waals surface area contributed by atoms with Gasteiger partial charge in [-0.25, -0.2) is 0 Å². The van der Waals surface area contributed by atoms with Crippen molar-refractivity contribution in [3.8, 4) is 0 Å². The summed E-state index contributed by atoms with van der Waals surface area (Å²) in [6.07, 6.45) is 0. The molecular weight excluding hydrogens is 274 g/mol. The van der Waals surface area contributed by atoms with Crippen molar-refractivity contribution >= 4 is 16.9 Å². The van der Waals surface area contributed by atoms with Crippen LogP contribution in [0, 0.1) is 13.8 Å². The van der Waals surface area contributed by atoms with Crippen molar-refractivity contribution in [1.82, 2.24) is 5.32 Å². The van der Waals surface area contributed by atoms with E-state index >= 15 is 0 Å². The highest BCUT2D eigenvalue weighted by atomic mass is 16.3. The first kappa shape index (κ1) is 14.4. The van der Waals surface area contributed by atoms with Gasteiger partial charge in [0.05, 0.1) is 6.04 Å². The number of furan rings is 1. The summed E-state index contributed by atoms with van der Waals surface area (Å²) in [6, 6.07) is 15.5. The molecule has 1 heterocycles. The van der Waals surface area contributed by atoms with Crippen molar-refractivity contribution in [3.63, 3.8) is 0 Å². The Kier molecular flexibility index (Phi) is 3.72. The maximum Gasteiger partial charge on any atom is 0.251 e. The van der Waals surface area contributed by atoms with Crippen LogP contribution in [0.25, 0.3) is 11.0 Å². The van der Waals surface area contributed by atoms with Crippen molar-refractivity contribution in [3.05, 3.63) is 71.0 Å². The molecule has 3 rings (SSSR count). The number of fused-ring (bicyclic) bond motifs is 1. The molecule has 0 aliphatic rings. The highest BCUT2D eigenvalue weighted by Gasteiger charge is 2.15. The summed E-state index contributed by atoms with van der Waals surface area (Å²) in [5.74, 6) is 0.679. The van der Waals surface area contributed by atoms with Gasteiger partial charge in [0, 0.05) is 10.9 Å². The molecule has 0 spiro atoms. The maximum absolute atomic E-state index is 12.4. The number of nitrogens with one attached hydrogen (secondary N) is 1. The molecule has 2 aromatic carbocycles. The summed E-state index contributed by atoms with van der Waals surface area (Å²) in [5, 5.41) is 4.04. The van der Waals surface area contributed by atoms with E-state index in [0.29, 0.717) is 5.56 Å². The largest absolute Gasteiger partial charge is 0.459 e. The molecule has 3 aromatic rings. The number of para-hydroxylation sites is 1. The van der Waals surface area contributed by atoms with E-state index < -0.39 is 0 Å². The zero-order chi connectivity index (χ0) is 15.7. The van der Waals surface area contributed by atoms with Gasteiger partial charge in [0.1, 0.15) is 11.3 Å². The number of aryl methyl sites for hydroxylation is 2. The highest BCUT2D eigenvalue weighted by Crippen LogP contribution is 2.23. The second-order valence-corrected chi connectivity index (χ2v) is 5.76. The average molecular weight is 293 g/mol. The van der Waals surface area contributed by atoms with Crippen LogP contribution in [0.3, 0.4) is 0 Å². The van der Waals surface area contributed by atoms with Gasteiger partial charge in [-0.3, -0.25) is 4.79 Å². The summed E-state index contributed by atoms with van der Waals surface area (Å²) in [7, 11) is 0. The Labute approximate surface area is 130 Å². The Balaban J connectivity index is 1.80. The van der Waals surface area contributed by atoms with Crippen LogP contribution in [0.4, 0.5) is 0 Å². The van der Waals surface area contributed by atoms with Gasteiger partial charge in [0.25, 0.3) is 5.91 Å². The van der Waals surface area contributed by atoms with E-state index in [0.717, 1.165) is 27.9 Å². The number of hydrogen-bond acceptors (Lipinski definition) is 2. The predicted molar refractivity (Wildman–Crippen MR) is 88.0 cm³/mol. The maximum atomic E-state index is 12.4. The van der Waals surface area contributed by atoms with E-state index in [-0.39, 0.29) is 11.9 Å². The molecule has 1 aromatic heterocycles. The molecule has 22 heavy (non-hydrogen) atoms. The van der Waals surface area contributed by atoms with Crippen LogP contribution in [-0.4, -0.2) is 5.91 Å². The molecule has 0 saturated heterocycles. The SMILES string of the molecule is Cc1cc(C)cc(C(=O)NC(C)c2cc3ccccc3o2)c1. The number of amides is 1. The van der Waals surface area contributed by atoms with E-state index in [1.165, 1.54) is 0 Å². The van der Waals surface area contributed by atoms with Gasteiger partial charge >= 0.3 is 0 Å². The first-order valence-corrected chi connectivity index (χ1v) is 7.40. The predicted octanol–water partition coefficient (Wildman–Crippen LogP) is 4.54. The molecule has 1 atom stereocenters. The molecule has 1 unspecified atom stereocenters. The highest BCUT2D eigenvalue weighted by molar-refractivity contribution is 5.94. The Morgan fingerprint density at radius 1 is 1.05 bits per heavy atom. The molecular formula is C19H19NO2. The third-order valence-electron chi connectivity index (χ3n) is 3.70. The zero-order valence-electron chi connectivity index (χ0n) is 13.0. The van der Waals surface area contributed by atoms with Crippen LogP contribution in [-0.2, 0) is 0 Å². The number of rotatable bonds is 3. The Morgan fingerprint density at radius 2 is 1.73 bits per heavy atom. The van der Waals surface area contributed by atoms with E-state index in [2.05, 4.69) is 11.4 Å².